The van der Waals surface area contributed by atoms with Crippen molar-refractivity contribution in [3.63, 3.8) is 0 Å². The molecule has 0 spiro atoms. The first-order chi connectivity index (χ1) is 14.4. The minimum absolute atomic E-state index is 0.0234. The normalized spacial score (nSPS) is 21.4. The zero-order valence-electron chi connectivity index (χ0n) is 18.3. The molecular weight excluding hydrogens is 402 g/mol. The van der Waals surface area contributed by atoms with Crippen molar-refractivity contribution in [2.75, 3.05) is 46.4 Å². The highest BCUT2D eigenvalue weighted by Crippen LogP contribution is 2.18. The quantitative estimate of drug-likeness (QED) is 0.489. The van der Waals surface area contributed by atoms with Crippen molar-refractivity contribution >= 4 is 16.0 Å². The highest BCUT2D eigenvalue weighted by molar-refractivity contribution is 7.88. The molecule has 3 rings (SSSR count). The van der Waals surface area contributed by atoms with Crippen LogP contribution in [0.25, 0.3) is 0 Å². The van der Waals surface area contributed by atoms with Crippen LogP contribution in [0.3, 0.4) is 0 Å². The summed E-state index contributed by atoms with van der Waals surface area (Å²) >= 11 is 0. The van der Waals surface area contributed by atoms with Gasteiger partial charge in [0.2, 0.25) is 10.0 Å². The average Bonchev–Trinajstić information content (AvgIpc) is 3.19. The van der Waals surface area contributed by atoms with Crippen molar-refractivity contribution in [3.05, 3.63) is 35.4 Å². The lowest BCUT2D eigenvalue weighted by molar-refractivity contribution is 0.0195. The molecule has 30 heavy (non-hydrogen) atoms. The monoisotopic (exact) mass is 437 g/mol. The van der Waals surface area contributed by atoms with Gasteiger partial charge < -0.3 is 15.0 Å². The van der Waals surface area contributed by atoms with Gasteiger partial charge in [-0.15, -0.1) is 0 Å². The van der Waals surface area contributed by atoms with Crippen molar-refractivity contribution in [1.29, 1.82) is 0 Å². The molecule has 1 aromatic carbocycles. The van der Waals surface area contributed by atoms with Crippen LogP contribution in [0, 0.1) is 0 Å². The molecule has 2 aliphatic rings. The molecule has 0 saturated carbocycles. The summed E-state index contributed by atoms with van der Waals surface area (Å²) in [6.07, 6.45) is 1.12. The minimum Gasteiger partial charge on any atom is -0.379 e. The van der Waals surface area contributed by atoms with Crippen LogP contribution in [0.5, 0.6) is 0 Å². The molecule has 2 fully saturated rings. The number of benzene rings is 1. The Labute approximate surface area is 180 Å². The van der Waals surface area contributed by atoms with E-state index >= 15 is 0 Å². The van der Waals surface area contributed by atoms with E-state index in [0.29, 0.717) is 12.6 Å². The van der Waals surface area contributed by atoms with E-state index in [9.17, 15) is 8.42 Å². The number of sulfonamides is 1. The van der Waals surface area contributed by atoms with E-state index in [0.717, 1.165) is 62.9 Å². The molecule has 0 aromatic heterocycles. The van der Waals surface area contributed by atoms with Crippen molar-refractivity contribution in [2.24, 2.45) is 4.99 Å². The Morgan fingerprint density at radius 2 is 1.90 bits per heavy atom. The van der Waals surface area contributed by atoms with E-state index in [2.05, 4.69) is 24.8 Å². The molecule has 2 N–H and O–H groups in total. The zero-order valence-corrected chi connectivity index (χ0v) is 19.1. The van der Waals surface area contributed by atoms with Gasteiger partial charge in [0.1, 0.15) is 0 Å². The van der Waals surface area contributed by atoms with Crippen LogP contribution in [0.1, 0.15) is 31.4 Å². The smallest absolute Gasteiger partial charge is 0.216 e. The first-order valence-corrected chi connectivity index (χ1v) is 12.4. The topological polar surface area (TPSA) is 86.3 Å². The number of hydrogen-bond donors (Lipinski definition) is 2. The fourth-order valence-corrected chi connectivity index (χ4v) is 5.65. The number of aliphatic imine (C=N–C) groups is 1. The van der Waals surface area contributed by atoms with Gasteiger partial charge in [0.15, 0.2) is 5.96 Å². The number of nitrogens with zero attached hydrogens (tertiary/aromatic N) is 3. The van der Waals surface area contributed by atoms with Gasteiger partial charge in [0, 0.05) is 51.9 Å². The number of morpholine rings is 1. The summed E-state index contributed by atoms with van der Waals surface area (Å²) in [5, 5.41) is 3.44. The Morgan fingerprint density at radius 1 is 1.20 bits per heavy atom. The Kier molecular flexibility index (Phi) is 8.10. The predicted molar refractivity (Wildman–Crippen MR) is 120 cm³/mol. The molecule has 9 heteroatoms. The first-order valence-electron chi connectivity index (χ1n) is 10.7. The molecule has 2 aliphatic heterocycles. The second kappa shape index (κ2) is 10.6. The largest absolute Gasteiger partial charge is 0.379 e. The molecule has 0 radical (unpaired) electrons. The van der Waals surface area contributed by atoms with E-state index < -0.39 is 10.0 Å². The summed E-state index contributed by atoms with van der Waals surface area (Å²) in [6, 6.07) is 8.09. The number of likely N-dealkylation sites (tertiary alicyclic amines) is 1. The van der Waals surface area contributed by atoms with Crippen molar-refractivity contribution in [2.45, 2.75) is 44.6 Å². The van der Waals surface area contributed by atoms with Crippen molar-refractivity contribution in [3.8, 4) is 0 Å². The van der Waals surface area contributed by atoms with Gasteiger partial charge in [0.25, 0.3) is 0 Å². The van der Waals surface area contributed by atoms with Crippen LogP contribution in [-0.4, -0.2) is 82.7 Å². The lowest BCUT2D eigenvalue weighted by Gasteiger charge is -2.32. The molecule has 1 atom stereocenters. The molecule has 0 amide bonds. The highest BCUT2D eigenvalue weighted by Gasteiger charge is 2.30. The summed E-state index contributed by atoms with van der Waals surface area (Å²) in [5.74, 6) is 0.841. The lowest BCUT2D eigenvalue weighted by atomic mass is 10.1. The minimum atomic E-state index is -3.37. The maximum atomic E-state index is 12.4. The number of hydrogen-bond acceptors (Lipinski definition) is 5. The molecule has 1 unspecified atom stereocenters. The summed E-state index contributed by atoms with van der Waals surface area (Å²) in [4.78, 5) is 9.27. The molecule has 1 aromatic rings. The number of rotatable bonds is 7. The van der Waals surface area contributed by atoms with Crippen molar-refractivity contribution in [1.82, 2.24) is 19.8 Å². The fourth-order valence-electron chi connectivity index (χ4n) is 4.16. The average molecular weight is 438 g/mol. The third-order valence-corrected chi connectivity index (χ3v) is 7.07. The Balaban J connectivity index is 1.59. The Bertz CT molecular complexity index is 822. The van der Waals surface area contributed by atoms with E-state index in [1.807, 2.05) is 38.1 Å². The van der Waals surface area contributed by atoms with Gasteiger partial charge in [0.05, 0.1) is 19.0 Å². The third-order valence-electron chi connectivity index (χ3n) is 5.55. The number of ether oxygens (including phenoxy) is 1. The molecule has 2 saturated heterocycles. The predicted octanol–water partition coefficient (Wildman–Crippen LogP) is 0.996. The van der Waals surface area contributed by atoms with Crippen LogP contribution in [0.4, 0.5) is 0 Å². The van der Waals surface area contributed by atoms with Gasteiger partial charge in [-0.3, -0.25) is 9.89 Å². The summed E-state index contributed by atoms with van der Waals surface area (Å²) in [7, 11) is -1.57. The van der Waals surface area contributed by atoms with Gasteiger partial charge in [-0.25, -0.2) is 13.1 Å². The van der Waals surface area contributed by atoms with Crippen LogP contribution in [0.2, 0.25) is 0 Å². The molecule has 2 heterocycles. The molecule has 0 bridgehead atoms. The van der Waals surface area contributed by atoms with Gasteiger partial charge >= 0.3 is 0 Å². The van der Waals surface area contributed by atoms with E-state index in [1.54, 1.807) is 7.05 Å². The van der Waals surface area contributed by atoms with Crippen molar-refractivity contribution < 1.29 is 13.2 Å². The van der Waals surface area contributed by atoms with Gasteiger partial charge in [-0.05, 0) is 31.4 Å². The fraction of sp³-hybridized carbons (Fsp3) is 0.667. The van der Waals surface area contributed by atoms with Gasteiger partial charge in [-0.2, -0.15) is 0 Å². The van der Waals surface area contributed by atoms with E-state index in [-0.39, 0.29) is 11.8 Å². The second-order valence-corrected chi connectivity index (χ2v) is 9.99. The lowest BCUT2D eigenvalue weighted by Crippen LogP contribution is -2.46. The first kappa shape index (κ1) is 23.0. The summed E-state index contributed by atoms with van der Waals surface area (Å²) < 4.78 is 32.9. The second-order valence-electron chi connectivity index (χ2n) is 8.24. The van der Waals surface area contributed by atoms with E-state index in [1.165, 1.54) is 0 Å². The van der Waals surface area contributed by atoms with Crippen LogP contribution < -0.4 is 10.0 Å². The number of nitrogens with one attached hydrogen (secondary N) is 2. The molecule has 0 aliphatic carbocycles. The molecule has 8 nitrogen and oxygen atoms in total. The SMILES string of the molecule is CN=C(NCc1ccccc1CS(=O)(=O)NC(C)C)N1CCC(N2CCOCC2)C1. The highest BCUT2D eigenvalue weighted by atomic mass is 32.2. The maximum absolute atomic E-state index is 12.4. The van der Waals surface area contributed by atoms with E-state index in [4.69, 9.17) is 4.74 Å². The Morgan fingerprint density at radius 3 is 2.57 bits per heavy atom. The molecule has 168 valence electrons. The Hall–Kier alpha value is -1.68. The maximum Gasteiger partial charge on any atom is 0.216 e. The van der Waals surface area contributed by atoms with Crippen LogP contribution in [-0.2, 0) is 27.1 Å². The zero-order chi connectivity index (χ0) is 21.6. The standard InChI is InChI=1S/C21H35N5O3S/c1-17(2)24-30(27,28)16-19-7-5-4-6-18(19)14-23-21(22-3)26-9-8-20(15-26)25-10-12-29-13-11-25/h4-7,17,20,24H,8-16H2,1-3H3,(H,22,23). The third kappa shape index (κ3) is 6.41. The van der Waals surface area contributed by atoms with Crippen LogP contribution >= 0.6 is 0 Å². The number of guanidine groups is 1. The molecular formula is C21H35N5O3S. The summed E-state index contributed by atoms with van der Waals surface area (Å²) in [5.41, 5.74) is 1.78. The summed E-state index contributed by atoms with van der Waals surface area (Å²) in [6.45, 7) is 9.74. The van der Waals surface area contributed by atoms with Crippen LogP contribution in [0.15, 0.2) is 29.3 Å². The van der Waals surface area contributed by atoms with Gasteiger partial charge in [-0.1, -0.05) is 24.3 Å².